The third-order valence-electron chi connectivity index (χ3n) is 12.9. The molecule has 61 heavy (non-hydrogen) atoms. The highest BCUT2D eigenvalue weighted by molar-refractivity contribution is 6.31. The van der Waals surface area contributed by atoms with Gasteiger partial charge in [-0.05, 0) is 79.8 Å². The third kappa shape index (κ3) is 8.05. The van der Waals surface area contributed by atoms with E-state index in [0.717, 1.165) is 35.2 Å². The van der Waals surface area contributed by atoms with Crippen LogP contribution in [0.2, 0.25) is 5.02 Å². The van der Waals surface area contributed by atoms with E-state index >= 15 is 0 Å². The van der Waals surface area contributed by atoms with Crippen LogP contribution in [0.5, 0.6) is 5.75 Å². The van der Waals surface area contributed by atoms with Gasteiger partial charge in [0.05, 0.1) is 21.9 Å². The number of carbonyl (C=O) groups excluding carboxylic acids is 4. The fourth-order valence-corrected chi connectivity index (χ4v) is 9.85. The van der Waals surface area contributed by atoms with Gasteiger partial charge in [0, 0.05) is 78.8 Å². The Kier molecular flexibility index (Phi) is 11.1. The van der Waals surface area contributed by atoms with E-state index in [1.54, 1.807) is 42.5 Å². The zero-order chi connectivity index (χ0) is 43.2. The molecule has 1 unspecified atom stereocenters. The molecule has 3 saturated heterocycles. The summed E-state index contributed by atoms with van der Waals surface area (Å²) in [6.45, 7) is 10.7. The number of halogens is 1. The van der Waals surface area contributed by atoms with Gasteiger partial charge in [0.2, 0.25) is 11.8 Å². The number of imide groups is 1. The summed E-state index contributed by atoms with van der Waals surface area (Å²) in [7, 11) is 0. The number of hydrogen-bond acceptors (Lipinski definition) is 10. The van der Waals surface area contributed by atoms with Crippen LogP contribution in [0, 0.1) is 45.8 Å². The number of piperidine rings is 2. The van der Waals surface area contributed by atoms with E-state index in [4.69, 9.17) is 16.3 Å². The number of amides is 4. The molecule has 1 atom stereocenters. The topological polar surface area (TPSA) is 180 Å². The fraction of sp³-hybridized carbons (Fsp3) is 0.435. The van der Waals surface area contributed by atoms with Gasteiger partial charge in [-0.2, -0.15) is 9.94 Å². The molecule has 8 rings (SSSR count). The molecule has 3 aromatic carbocycles. The van der Waals surface area contributed by atoms with Gasteiger partial charge in [0.25, 0.3) is 17.4 Å². The Balaban J connectivity index is 0.785. The van der Waals surface area contributed by atoms with E-state index in [9.17, 15) is 29.2 Å². The van der Waals surface area contributed by atoms with Gasteiger partial charge in [-0.15, -0.1) is 5.10 Å². The average molecular weight is 843 g/mol. The zero-order valence-corrected chi connectivity index (χ0v) is 35.3. The van der Waals surface area contributed by atoms with Gasteiger partial charge >= 0.3 is 0 Å². The summed E-state index contributed by atoms with van der Waals surface area (Å²) < 4.78 is 7.40. The lowest BCUT2D eigenvalue weighted by Gasteiger charge is -2.63. The van der Waals surface area contributed by atoms with Crippen molar-refractivity contribution in [3.8, 4) is 23.7 Å². The minimum absolute atomic E-state index is 0.122. The second kappa shape index (κ2) is 16.3. The minimum atomic E-state index is -0.895. The van der Waals surface area contributed by atoms with Crippen LogP contribution in [-0.4, -0.2) is 81.8 Å². The van der Waals surface area contributed by atoms with Gasteiger partial charge in [0.1, 0.15) is 29.5 Å². The zero-order valence-electron chi connectivity index (χ0n) is 34.5. The maximum absolute atomic E-state index is 13.4. The van der Waals surface area contributed by atoms with Crippen molar-refractivity contribution < 1.29 is 23.9 Å². The number of hydrogen-bond donors (Lipinski definition) is 2. The molecule has 0 bridgehead atoms. The number of ether oxygens (including phenoxy) is 1. The molecule has 1 aromatic heterocycles. The van der Waals surface area contributed by atoms with Gasteiger partial charge in [0.15, 0.2) is 0 Å². The Morgan fingerprint density at radius 1 is 0.967 bits per heavy atom. The largest absolute Gasteiger partial charge is 0.489 e. The Bertz CT molecular complexity index is 2580. The van der Waals surface area contributed by atoms with Crippen molar-refractivity contribution in [3.63, 3.8) is 0 Å². The van der Waals surface area contributed by atoms with Crippen LogP contribution in [0.15, 0.2) is 65.5 Å². The minimum Gasteiger partial charge on any atom is -0.489 e. The van der Waals surface area contributed by atoms with E-state index < -0.39 is 17.5 Å². The highest BCUT2D eigenvalue weighted by Gasteiger charge is 2.64. The molecule has 15 heteroatoms. The van der Waals surface area contributed by atoms with Crippen molar-refractivity contribution in [2.45, 2.75) is 78.0 Å². The summed E-state index contributed by atoms with van der Waals surface area (Å²) in [5.41, 5.74) is 1.77. The molecule has 1 aliphatic carbocycles. The Labute approximate surface area is 358 Å². The highest BCUT2D eigenvalue weighted by Crippen LogP contribution is 2.55. The molecule has 314 valence electrons. The van der Waals surface area contributed by atoms with Crippen LogP contribution in [0.25, 0.3) is 10.9 Å². The van der Waals surface area contributed by atoms with E-state index in [1.165, 1.54) is 0 Å². The first kappa shape index (κ1) is 41.5. The summed E-state index contributed by atoms with van der Waals surface area (Å²) >= 11 is 6.24. The molecular weight excluding hydrogens is 796 g/mol. The number of benzene rings is 3. The molecule has 4 heterocycles. The maximum atomic E-state index is 13.4. The summed E-state index contributed by atoms with van der Waals surface area (Å²) in [5, 5.41) is 23.5. The predicted molar refractivity (Wildman–Crippen MR) is 228 cm³/mol. The highest BCUT2D eigenvalue weighted by atomic mass is 35.5. The summed E-state index contributed by atoms with van der Waals surface area (Å²) in [6, 6.07) is 18.7. The number of carbonyl (C=O) groups is 4. The van der Waals surface area contributed by atoms with Crippen molar-refractivity contribution in [2.24, 2.45) is 22.7 Å². The molecule has 14 nitrogen and oxygen atoms in total. The molecule has 0 spiro atoms. The normalized spacial score (nSPS) is 22.2. The number of likely N-dealkylation sites (tertiary alicyclic amines) is 1. The van der Waals surface area contributed by atoms with Gasteiger partial charge < -0.3 is 19.9 Å². The molecule has 3 aliphatic heterocycles. The first-order valence-electron chi connectivity index (χ1n) is 20.7. The van der Waals surface area contributed by atoms with Gasteiger partial charge in [-0.25, -0.2) is 0 Å². The maximum Gasteiger partial charge on any atom is 0.278 e. The lowest BCUT2D eigenvalue weighted by molar-refractivity contribution is -0.164. The number of aromatic nitrogens is 3. The number of rotatable bonds is 8. The van der Waals surface area contributed by atoms with Gasteiger partial charge in [-0.1, -0.05) is 56.4 Å². The summed E-state index contributed by atoms with van der Waals surface area (Å²) in [5.74, 6) is 6.44. The van der Waals surface area contributed by atoms with E-state index in [0.29, 0.717) is 64.9 Å². The molecule has 1 saturated carbocycles. The average Bonchev–Trinajstić information content (AvgIpc) is 3.22. The van der Waals surface area contributed by atoms with E-state index in [-0.39, 0.29) is 59.5 Å². The molecule has 0 radical (unpaired) electrons. The Morgan fingerprint density at radius 2 is 1.69 bits per heavy atom. The van der Waals surface area contributed by atoms with E-state index in [1.807, 2.05) is 23.1 Å². The van der Waals surface area contributed by atoms with Crippen LogP contribution in [0.4, 0.5) is 5.69 Å². The van der Waals surface area contributed by atoms with Crippen LogP contribution >= 0.6 is 11.6 Å². The van der Waals surface area contributed by atoms with Crippen molar-refractivity contribution in [1.29, 1.82) is 5.26 Å². The first-order valence-corrected chi connectivity index (χ1v) is 21.0. The summed E-state index contributed by atoms with van der Waals surface area (Å²) in [6.07, 6.45) is 2.58. The molecule has 4 aliphatic rings. The number of fused-ring (bicyclic) bond motifs is 1. The summed E-state index contributed by atoms with van der Waals surface area (Å²) in [4.78, 5) is 68.1. The second-order valence-corrected chi connectivity index (χ2v) is 18.2. The monoisotopic (exact) mass is 842 g/mol. The predicted octanol–water partition coefficient (Wildman–Crippen LogP) is 5.02. The number of anilines is 1. The van der Waals surface area contributed by atoms with Crippen LogP contribution in [0.1, 0.15) is 87.3 Å². The molecule has 2 N–H and O–H groups in total. The molecular formula is C46H47ClN8O6. The molecule has 4 amide bonds. The lowest BCUT2D eigenvalue weighted by Crippen LogP contribution is -2.74. The number of nitrogens with one attached hydrogen (secondary N) is 2. The second-order valence-electron chi connectivity index (χ2n) is 17.8. The van der Waals surface area contributed by atoms with Crippen LogP contribution in [0.3, 0.4) is 0 Å². The van der Waals surface area contributed by atoms with Gasteiger partial charge in [-0.3, -0.25) is 29.3 Å². The molecule has 4 fully saturated rings. The van der Waals surface area contributed by atoms with Crippen molar-refractivity contribution >= 4 is 51.8 Å². The Hall–Kier alpha value is -6.25. The lowest BCUT2D eigenvalue weighted by atomic mass is 9.49. The third-order valence-corrected chi connectivity index (χ3v) is 13.2. The smallest absolute Gasteiger partial charge is 0.278 e. The first-order chi connectivity index (χ1) is 29.1. The van der Waals surface area contributed by atoms with Crippen LogP contribution in [-0.2, 0) is 14.4 Å². The number of nitrogens with zero attached hydrogens (tertiary/aromatic N) is 6. The quantitative estimate of drug-likeness (QED) is 0.181. The SMILES string of the molecule is CC1(C)[C@H](NC(=O)c2ccc(C#CCC3CCN(C(=O)C4CN(c5ccc6nnn(C7CCC(=O)NC7=O)c(=O)c6c5)C4)CC3)cc2)C(C)(C)[C@H]1Oc1ccc(C#N)c(Cl)c1. The van der Waals surface area contributed by atoms with Crippen molar-refractivity contribution in [2.75, 3.05) is 31.1 Å². The molecule has 4 aromatic rings. The number of nitriles is 1. The van der Waals surface area contributed by atoms with E-state index in [2.05, 4.69) is 71.5 Å². The Morgan fingerprint density at radius 3 is 2.36 bits per heavy atom. The standard InChI is InChI=1S/C46H47ClN8O6/c1-45(2)43(46(3,4)44(45)61-33-14-12-30(24-48)35(47)23-33)50-39(57)29-10-8-27(9-11-29)6-5-7-28-18-20-53(21-19-28)41(59)31-25-54(26-31)32-13-15-36-34(22-32)42(60)55(52-51-36)37-16-17-38(56)49-40(37)58/h8-15,22-23,28,31,37,43-44H,7,16-21,25-26H2,1-4H3,(H,50,57)(H,49,56,58)/t37?,43-,44-. The van der Waals surface area contributed by atoms with Crippen LogP contribution < -0.4 is 25.8 Å². The van der Waals surface area contributed by atoms with Crippen molar-refractivity contribution in [1.82, 2.24) is 30.5 Å². The fourth-order valence-electron chi connectivity index (χ4n) is 9.63. The van der Waals surface area contributed by atoms with Crippen molar-refractivity contribution in [3.05, 3.63) is 92.7 Å².